The largest absolute Gasteiger partial charge is 0.379 e. The molecule has 1 heterocycles. The molecular weight excluding hydrogens is 342 g/mol. The SMILES string of the molecule is O=C(CNC(=O)Cc1ccccc1)NCC1(N2CCOCC2)CCCCC1. The summed E-state index contributed by atoms with van der Waals surface area (Å²) in [6, 6.07) is 9.56. The summed E-state index contributed by atoms with van der Waals surface area (Å²) in [4.78, 5) is 26.8. The molecule has 6 nitrogen and oxygen atoms in total. The second-order valence-corrected chi connectivity index (χ2v) is 7.60. The van der Waals surface area contributed by atoms with Gasteiger partial charge in [0, 0.05) is 25.2 Å². The summed E-state index contributed by atoms with van der Waals surface area (Å²) in [5.41, 5.74) is 0.995. The van der Waals surface area contributed by atoms with Crippen LogP contribution >= 0.6 is 0 Å². The molecule has 0 atom stereocenters. The lowest BCUT2D eigenvalue weighted by Gasteiger charge is -2.48. The van der Waals surface area contributed by atoms with Crippen LogP contribution in [0.5, 0.6) is 0 Å². The Balaban J connectivity index is 1.45. The third-order valence-electron chi connectivity index (χ3n) is 5.73. The first-order valence-corrected chi connectivity index (χ1v) is 10.1. The van der Waals surface area contributed by atoms with Crippen molar-refractivity contribution >= 4 is 11.8 Å². The minimum atomic E-state index is -0.128. The molecule has 0 spiro atoms. The predicted octanol–water partition coefficient (Wildman–Crippen LogP) is 1.50. The standard InChI is InChI=1S/C21H31N3O3/c25-19(15-18-7-3-1-4-8-18)22-16-20(26)23-17-21(9-5-2-6-10-21)24-11-13-27-14-12-24/h1,3-4,7-8H,2,5-6,9-17H2,(H,22,25)(H,23,26). The quantitative estimate of drug-likeness (QED) is 0.760. The first-order chi connectivity index (χ1) is 13.2. The molecule has 1 aromatic carbocycles. The molecular formula is C21H31N3O3. The highest BCUT2D eigenvalue weighted by atomic mass is 16.5. The Morgan fingerprint density at radius 3 is 2.37 bits per heavy atom. The number of hydrogen-bond donors (Lipinski definition) is 2. The number of amides is 2. The third kappa shape index (κ3) is 5.78. The number of benzene rings is 1. The Hall–Kier alpha value is -1.92. The van der Waals surface area contributed by atoms with Crippen molar-refractivity contribution < 1.29 is 14.3 Å². The van der Waals surface area contributed by atoms with E-state index in [0.29, 0.717) is 13.0 Å². The molecule has 3 rings (SSSR count). The number of carbonyl (C=O) groups is 2. The normalized spacial score (nSPS) is 20.0. The Morgan fingerprint density at radius 2 is 1.67 bits per heavy atom. The van der Waals surface area contributed by atoms with Crippen LogP contribution in [0.3, 0.4) is 0 Å². The lowest BCUT2D eigenvalue weighted by Crippen LogP contribution is -2.60. The van der Waals surface area contributed by atoms with E-state index in [-0.39, 0.29) is 23.9 Å². The van der Waals surface area contributed by atoms with E-state index in [1.54, 1.807) is 0 Å². The minimum absolute atomic E-state index is 0.0326. The maximum absolute atomic E-state index is 12.3. The van der Waals surface area contributed by atoms with Crippen molar-refractivity contribution in [1.82, 2.24) is 15.5 Å². The molecule has 1 saturated heterocycles. The molecule has 2 fully saturated rings. The molecule has 2 amide bonds. The van der Waals surface area contributed by atoms with Gasteiger partial charge in [0.15, 0.2) is 0 Å². The fraction of sp³-hybridized carbons (Fsp3) is 0.619. The number of morpholine rings is 1. The Kier molecular flexibility index (Phi) is 7.24. The van der Waals surface area contributed by atoms with Gasteiger partial charge in [-0.3, -0.25) is 14.5 Å². The fourth-order valence-electron chi connectivity index (χ4n) is 4.20. The van der Waals surface area contributed by atoms with Gasteiger partial charge in [0.1, 0.15) is 0 Å². The molecule has 1 aromatic rings. The van der Waals surface area contributed by atoms with Gasteiger partial charge in [-0.2, -0.15) is 0 Å². The van der Waals surface area contributed by atoms with E-state index in [0.717, 1.165) is 44.7 Å². The van der Waals surface area contributed by atoms with Gasteiger partial charge in [-0.1, -0.05) is 49.6 Å². The van der Waals surface area contributed by atoms with Gasteiger partial charge in [0.25, 0.3) is 0 Å². The average Bonchev–Trinajstić information content (AvgIpc) is 2.73. The maximum atomic E-state index is 12.3. The van der Waals surface area contributed by atoms with Crippen LogP contribution in [0, 0.1) is 0 Å². The molecule has 148 valence electrons. The van der Waals surface area contributed by atoms with Crippen LogP contribution < -0.4 is 10.6 Å². The topological polar surface area (TPSA) is 70.7 Å². The van der Waals surface area contributed by atoms with Gasteiger partial charge < -0.3 is 15.4 Å². The number of hydrogen-bond acceptors (Lipinski definition) is 4. The van der Waals surface area contributed by atoms with Gasteiger partial charge in [-0.15, -0.1) is 0 Å². The van der Waals surface area contributed by atoms with Crippen LogP contribution in [0.1, 0.15) is 37.7 Å². The first kappa shape index (κ1) is 19.8. The van der Waals surface area contributed by atoms with Crippen LogP contribution in [0.25, 0.3) is 0 Å². The number of rotatable bonds is 7. The maximum Gasteiger partial charge on any atom is 0.239 e. The van der Waals surface area contributed by atoms with Crippen LogP contribution in [-0.4, -0.2) is 61.6 Å². The molecule has 1 saturated carbocycles. The van der Waals surface area contributed by atoms with E-state index in [1.165, 1.54) is 19.3 Å². The number of nitrogens with one attached hydrogen (secondary N) is 2. The zero-order chi connectivity index (χ0) is 19.0. The molecule has 0 radical (unpaired) electrons. The highest BCUT2D eigenvalue weighted by Crippen LogP contribution is 2.33. The van der Waals surface area contributed by atoms with E-state index >= 15 is 0 Å². The molecule has 2 aliphatic rings. The van der Waals surface area contributed by atoms with Crippen LogP contribution in [0.2, 0.25) is 0 Å². The van der Waals surface area contributed by atoms with Crippen molar-refractivity contribution in [1.29, 1.82) is 0 Å². The predicted molar refractivity (Wildman–Crippen MR) is 104 cm³/mol. The monoisotopic (exact) mass is 373 g/mol. The van der Waals surface area contributed by atoms with Gasteiger partial charge in [0.05, 0.1) is 26.2 Å². The summed E-state index contributed by atoms with van der Waals surface area (Å²) in [7, 11) is 0. The lowest BCUT2D eigenvalue weighted by molar-refractivity contribution is -0.126. The van der Waals surface area contributed by atoms with Gasteiger partial charge in [-0.25, -0.2) is 0 Å². The van der Waals surface area contributed by atoms with Crippen molar-refractivity contribution in [3.63, 3.8) is 0 Å². The van der Waals surface area contributed by atoms with Gasteiger partial charge in [0.2, 0.25) is 11.8 Å². The highest BCUT2D eigenvalue weighted by molar-refractivity contribution is 5.85. The van der Waals surface area contributed by atoms with E-state index in [4.69, 9.17) is 4.74 Å². The third-order valence-corrected chi connectivity index (χ3v) is 5.73. The van der Waals surface area contributed by atoms with Crippen LogP contribution in [0.15, 0.2) is 30.3 Å². The first-order valence-electron chi connectivity index (χ1n) is 10.1. The van der Waals surface area contributed by atoms with Crippen LogP contribution in [-0.2, 0) is 20.7 Å². The Morgan fingerprint density at radius 1 is 0.963 bits per heavy atom. The zero-order valence-electron chi connectivity index (χ0n) is 16.0. The second kappa shape index (κ2) is 9.85. The van der Waals surface area contributed by atoms with E-state index < -0.39 is 0 Å². The Bertz CT molecular complexity index is 608. The summed E-state index contributed by atoms with van der Waals surface area (Å²) in [6.45, 7) is 4.09. The summed E-state index contributed by atoms with van der Waals surface area (Å²) < 4.78 is 5.50. The summed E-state index contributed by atoms with van der Waals surface area (Å²) >= 11 is 0. The van der Waals surface area contributed by atoms with Crippen molar-refractivity contribution in [3.05, 3.63) is 35.9 Å². The molecule has 2 N–H and O–H groups in total. The van der Waals surface area contributed by atoms with Crippen molar-refractivity contribution in [3.8, 4) is 0 Å². The Labute approximate surface area is 161 Å². The van der Waals surface area contributed by atoms with Gasteiger partial charge >= 0.3 is 0 Å². The molecule has 6 heteroatoms. The van der Waals surface area contributed by atoms with Crippen molar-refractivity contribution in [2.24, 2.45) is 0 Å². The van der Waals surface area contributed by atoms with E-state index in [1.807, 2.05) is 30.3 Å². The smallest absolute Gasteiger partial charge is 0.239 e. The molecule has 0 aromatic heterocycles. The van der Waals surface area contributed by atoms with E-state index in [2.05, 4.69) is 15.5 Å². The number of ether oxygens (including phenoxy) is 1. The van der Waals surface area contributed by atoms with Gasteiger partial charge in [-0.05, 0) is 18.4 Å². The molecule has 1 aliphatic heterocycles. The van der Waals surface area contributed by atoms with Crippen molar-refractivity contribution in [2.45, 2.75) is 44.1 Å². The fourth-order valence-corrected chi connectivity index (χ4v) is 4.20. The molecule has 0 unspecified atom stereocenters. The lowest BCUT2D eigenvalue weighted by atomic mass is 9.79. The summed E-state index contributed by atoms with van der Waals surface area (Å²) in [6.07, 6.45) is 6.23. The minimum Gasteiger partial charge on any atom is -0.379 e. The van der Waals surface area contributed by atoms with Crippen molar-refractivity contribution in [2.75, 3.05) is 39.4 Å². The highest BCUT2D eigenvalue weighted by Gasteiger charge is 2.38. The van der Waals surface area contributed by atoms with E-state index in [9.17, 15) is 9.59 Å². The average molecular weight is 373 g/mol. The number of nitrogens with zero attached hydrogens (tertiary/aromatic N) is 1. The summed E-state index contributed by atoms with van der Waals surface area (Å²) in [5, 5.41) is 5.80. The molecule has 0 bridgehead atoms. The zero-order valence-corrected chi connectivity index (χ0v) is 16.0. The number of carbonyl (C=O) groups excluding carboxylic acids is 2. The molecule has 1 aliphatic carbocycles. The second-order valence-electron chi connectivity index (χ2n) is 7.60. The summed E-state index contributed by atoms with van der Waals surface area (Å²) in [5.74, 6) is -0.244. The molecule has 27 heavy (non-hydrogen) atoms. The van der Waals surface area contributed by atoms with Crippen LogP contribution in [0.4, 0.5) is 0 Å².